The molecule has 0 saturated heterocycles. The molecule has 1 heterocycles. The van der Waals surface area contributed by atoms with Crippen molar-refractivity contribution < 1.29 is 27.5 Å². The van der Waals surface area contributed by atoms with Gasteiger partial charge in [0.15, 0.2) is 6.10 Å². The van der Waals surface area contributed by atoms with Crippen molar-refractivity contribution >= 4 is 5.90 Å². The van der Waals surface area contributed by atoms with Gasteiger partial charge < -0.3 is 14.3 Å². The van der Waals surface area contributed by atoms with E-state index in [0.717, 1.165) is 0 Å². The van der Waals surface area contributed by atoms with Gasteiger partial charge in [-0.15, -0.1) is 13.2 Å². The molecule has 0 N–H and O–H groups in total. The molecule has 4 nitrogen and oxygen atoms in total. The molecule has 0 bridgehead atoms. The average Bonchev–Trinajstić information content (AvgIpc) is 2.96. The minimum Gasteiger partial charge on any atom is -0.440 e. The summed E-state index contributed by atoms with van der Waals surface area (Å²) in [7, 11) is 0. The molecule has 23 heavy (non-hydrogen) atoms. The zero-order valence-corrected chi connectivity index (χ0v) is 11.8. The molecule has 120 valence electrons. The van der Waals surface area contributed by atoms with Crippen molar-refractivity contribution in [2.45, 2.75) is 18.9 Å². The number of hydrogen-bond donors (Lipinski definition) is 0. The fourth-order valence-corrected chi connectivity index (χ4v) is 2.10. The van der Waals surface area contributed by atoms with Crippen molar-refractivity contribution in [3.05, 3.63) is 60.2 Å². The summed E-state index contributed by atoms with van der Waals surface area (Å²) in [6, 6.07) is 14.6. The second kappa shape index (κ2) is 6.20. The Hall–Kier alpha value is -2.70. The third-order valence-corrected chi connectivity index (χ3v) is 3.11. The lowest BCUT2D eigenvalue weighted by Gasteiger charge is -2.11. The maximum absolute atomic E-state index is 12.1. The summed E-state index contributed by atoms with van der Waals surface area (Å²) in [5.74, 6) is 0.780. The van der Waals surface area contributed by atoms with E-state index in [9.17, 15) is 13.2 Å². The first-order chi connectivity index (χ1) is 11.0. The number of ether oxygens (including phenoxy) is 2. The van der Waals surface area contributed by atoms with Gasteiger partial charge >= 0.3 is 6.36 Å². The van der Waals surface area contributed by atoms with E-state index in [1.165, 1.54) is 24.3 Å². The van der Waals surface area contributed by atoms with Gasteiger partial charge in [0.25, 0.3) is 0 Å². The van der Waals surface area contributed by atoms with E-state index < -0.39 is 12.5 Å². The maximum atomic E-state index is 12.1. The van der Waals surface area contributed by atoms with Crippen LogP contribution in [0.2, 0.25) is 0 Å². The first-order valence-corrected chi connectivity index (χ1v) is 6.81. The van der Waals surface area contributed by atoms with Crippen LogP contribution in [0, 0.1) is 0 Å². The number of rotatable bonds is 3. The third kappa shape index (κ3) is 4.15. The molecule has 0 unspecified atom stereocenters. The number of alkyl halides is 3. The molecule has 0 aliphatic carbocycles. The molecule has 1 aliphatic rings. The van der Waals surface area contributed by atoms with Crippen LogP contribution in [-0.4, -0.2) is 12.3 Å². The highest BCUT2D eigenvalue weighted by molar-refractivity contribution is 5.79. The van der Waals surface area contributed by atoms with Crippen molar-refractivity contribution in [3.8, 4) is 11.5 Å². The molecule has 0 aromatic heterocycles. The number of halogens is 3. The highest BCUT2D eigenvalue weighted by Crippen LogP contribution is 2.30. The van der Waals surface area contributed by atoms with Crippen LogP contribution in [0.5, 0.6) is 11.5 Å². The van der Waals surface area contributed by atoms with E-state index in [1.807, 2.05) is 18.2 Å². The highest BCUT2D eigenvalue weighted by Gasteiger charge is 2.31. The van der Waals surface area contributed by atoms with Crippen molar-refractivity contribution in [3.63, 3.8) is 0 Å². The average molecular weight is 323 g/mol. The number of hydrogen-bond acceptors (Lipinski definition) is 4. The number of nitrogens with zero attached hydrogens (tertiary/aromatic N) is 1. The lowest BCUT2D eigenvalue weighted by atomic mass is 10.1. The van der Waals surface area contributed by atoms with Gasteiger partial charge in [0, 0.05) is 0 Å². The van der Waals surface area contributed by atoms with E-state index in [4.69, 9.17) is 9.57 Å². The van der Waals surface area contributed by atoms with E-state index in [0.29, 0.717) is 23.6 Å². The topological polar surface area (TPSA) is 40.0 Å². The molecular formula is C16H12F3NO3. The van der Waals surface area contributed by atoms with Gasteiger partial charge in [0.1, 0.15) is 11.5 Å². The molecule has 1 aliphatic heterocycles. The number of oxime groups is 1. The fraction of sp³-hybridized carbons (Fsp3) is 0.188. The van der Waals surface area contributed by atoms with Gasteiger partial charge in [-0.2, -0.15) is 0 Å². The lowest BCUT2D eigenvalue weighted by Crippen LogP contribution is -2.17. The standard InChI is InChI=1S/C16H12F3NO3/c17-16(18,19)22-13-8-6-11(7-9-13)14-10-15(20-23-14)21-12-4-2-1-3-5-12/h1-9,14H,10H2/t14-/m0/s1. The second-order valence-corrected chi connectivity index (χ2v) is 4.82. The molecule has 0 amide bonds. The zero-order chi connectivity index (χ0) is 16.3. The minimum absolute atomic E-state index is 0.277. The highest BCUT2D eigenvalue weighted by atomic mass is 19.4. The zero-order valence-electron chi connectivity index (χ0n) is 11.8. The predicted octanol–water partition coefficient (Wildman–Crippen LogP) is 4.44. The lowest BCUT2D eigenvalue weighted by molar-refractivity contribution is -0.274. The Balaban J connectivity index is 1.59. The van der Waals surface area contributed by atoms with Crippen LogP contribution >= 0.6 is 0 Å². The first-order valence-electron chi connectivity index (χ1n) is 6.81. The number of benzene rings is 2. The van der Waals surface area contributed by atoms with E-state index in [1.54, 1.807) is 12.1 Å². The molecule has 3 rings (SSSR count). The fourth-order valence-electron chi connectivity index (χ4n) is 2.10. The summed E-state index contributed by atoms with van der Waals surface area (Å²) < 4.78 is 45.8. The Morgan fingerprint density at radius 1 is 0.957 bits per heavy atom. The Kier molecular flexibility index (Phi) is 4.10. The van der Waals surface area contributed by atoms with E-state index in [-0.39, 0.29) is 5.75 Å². The molecule has 0 fully saturated rings. The Morgan fingerprint density at radius 2 is 1.65 bits per heavy atom. The molecule has 7 heteroatoms. The summed E-state index contributed by atoms with van der Waals surface area (Å²) in [4.78, 5) is 5.26. The van der Waals surface area contributed by atoms with Crippen molar-refractivity contribution in [2.75, 3.05) is 0 Å². The molecule has 0 radical (unpaired) electrons. The normalized spacial score (nSPS) is 17.3. The third-order valence-electron chi connectivity index (χ3n) is 3.11. The Morgan fingerprint density at radius 3 is 2.30 bits per heavy atom. The molecule has 2 aromatic rings. The van der Waals surface area contributed by atoms with Crippen LogP contribution in [0.4, 0.5) is 13.2 Å². The first kappa shape index (κ1) is 15.2. The summed E-state index contributed by atoms with van der Waals surface area (Å²) >= 11 is 0. The quantitative estimate of drug-likeness (QED) is 0.838. The van der Waals surface area contributed by atoms with Gasteiger partial charge in [-0.3, -0.25) is 0 Å². The van der Waals surface area contributed by atoms with Crippen LogP contribution in [0.1, 0.15) is 18.1 Å². The Bertz CT molecular complexity index is 684. The van der Waals surface area contributed by atoms with Crippen LogP contribution in [-0.2, 0) is 4.84 Å². The van der Waals surface area contributed by atoms with Crippen LogP contribution in [0.15, 0.2) is 59.8 Å². The SMILES string of the molecule is FC(F)(F)Oc1ccc([C@@H]2CC(Oc3ccccc3)=NO2)cc1. The number of para-hydroxylation sites is 1. The summed E-state index contributed by atoms with van der Waals surface area (Å²) in [6.45, 7) is 0. The van der Waals surface area contributed by atoms with E-state index >= 15 is 0 Å². The second-order valence-electron chi connectivity index (χ2n) is 4.82. The van der Waals surface area contributed by atoms with Gasteiger partial charge in [-0.05, 0) is 29.8 Å². The monoisotopic (exact) mass is 323 g/mol. The van der Waals surface area contributed by atoms with Gasteiger partial charge in [-0.25, -0.2) is 0 Å². The van der Waals surface area contributed by atoms with Gasteiger partial charge in [-0.1, -0.05) is 35.5 Å². The smallest absolute Gasteiger partial charge is 0.440 e. The summed E-state index contributed by atoms with van der Waals surface area (Å²) in [5, 5.41) is 3.85. The minimum atomic E-state index is -4.70. The maximum Gasteiger partial charge on any atom is 0.573 e. The van der Waals surface area contributed by atoms with Crippen LogP contribution in [0.25, 0.3) is 0 Å². The van der Waals surface area contributed by atoms with Crippen molar-refractivity contribution in [1.82, 2.24) is 0 Å². The Labute approximate surface area is 130 Å². The summed E-state index contributed by atoms with van der Waals surface area (Å²) in [5.41, 5.74) is 0.690. The van der Waals surface area contributed by atoms with Gasteiger partial charge in [0.2, 0.25) is 5.90 Å². The molecule has 0 spiro atoms. The molecule has 2 aromatic carbocycles. The van der Waals surface area contributed by atoms with Crippen LogP contribution in [0.3, 0.4) is 0 Å². The molecule has 0 saturated carbocycles. The predicted molar refractivity (Wildman–Crippen MR) is 76.1 cm³/mol. The van der Waals surface area contributed by atoms with Gasteiger partial charge in [0.05, 0.1) is 6.42 Å². The molecular weight excluding hydrogens is 311 g/mol. The van der Waals surface area contributed by atoms with Crippen molar-refractivity contribution in [2.24, 2.45) is 5.16 Å². The van der Waals surface area contributed by atoms with Crippen LogP contribution < -0.4 is 9.47 Å². The van der Waals surface area contributed by atoms with Crippen molar-refractivity contribution in [1.29, 1.82) is 0 Å². The molecule has 1 atom stereocenters. The summed E-state index contributed by atoms with van der Waals surface area (Å²) in [6.07, 6.45) is -4.70. The largest absolute Gasteiger partial charge is 0.573 e. The van der Waals surface area contributed by atoms with E-state index in [2.05, 4.69) is 9.89 Å².